The lowest BCUT2D eigenvalue weighted by Gasteiger charge is -2.17. The van der Waals surface area contributed by atoms with E-state index in [1.165, 1.54) is 12.4 Å². The molecule has 0 fully saturated rings. The van der Waals surface area contributed by atoms with Crippen molar-refractivity contribution in [1.29, 1.82) is 0 Å². The van der Waals surface area contributed by atoms with E-state index in [2.05, 4.69) is 0 Å². The third-order valence-corrected chi connectivity index (χ3v) is 2.55. The number of hydrogen-bond acceptors (Lipinski definition) is 1. The molecular formula is C9H12F2N2. The molecule has 1 heterocycles. The Morgan fingerprint density at radius 3 is 2.85 bits per heavy atom. The number of rotatable bonds is 1. The molecule has 0 aromatic carbocycles. The zero-order chi connectivity index (χ0) is 9.42. The lowest BCUT2D eigenvalue weighted by atomic mass is 9.92. The van der Waals surface area contributed by atoms with Gasteiger partial charge in [0, 0.05) is 18.4 Å². The smallest absolute Gasteiger partial charge is 0.318 e. The average Bonchev–Trinajstić information content (AvgIpc) is 2.49. The minimum absolute atomic E-state index is 0.0521. The molecule has 13 heavy (non-hydrogen) atoms. The first-order chi connectivity index (χ1) is 6.18. The summed E-state index contributed by atoms with van der Waals surface area (Å²) < 4.78 is 25.5. The molecule has 0 radical (unpaired) electrons. The highest BCUT2D eigenvalue weighted by atomic mass is 19.3. The van der Waals surface area contributed by atoms with Crippen molar-refractivity contribution in [3.8, 4) is 0 Å². The van der Waals surface area contributed by atoms with Gasteiger partial charge in [-0.05, 0) is 30.4 Å². The normalized spacial score (nSPS) is 22.0. The van der Waals surface area contributed by atoms with Crippen molar-refractivity contribution >= 4 is 0 Å². The summed E-state index contributed by atoms with van der Waals surface area (Å²) in [5.74, 6) is 0. The van der Waals surface area contributed by atoms with Gasteiger partial charge >= 0.3 is 6.55 Å². The second-order valence-electron chi connectivity index (χ2n) is 3.46. The molecule has 2 N–H and O–H groups in total. The molecule has 2 rings (SSSR count). The van der Waals surface area contributed by atoms with E-state index in [0.717, 1.165) is 35.0 Å². The Hall–Kier alpha value is -0.900. The lowest BCUT2D eigenvalue weighted by Crippen LogP contribution is -2.15. The van der Waals surface area contributed by atoms with E-state index in [0.29, 0.717) is 0 Å². The first-order valence-corrected chi connectivity index (χ1v) is 4.42. The van der Waals surface area contributed by atoms with E-state index in [4.69, 9.17) is 5.73 Å². The van der Waals surface area contributed by atoms with Crippen molar-refractivity contribution in [1.82, 2.24) is 4.57 Å². The topological polar surface area (TPSA) is 30.9 Å². The van der Waals surface area contributed by atoms with Gasteiger partial charge in [-0.25, -0.2) is 0 Å². The van der Waals surface area contributed by atoms with E-state index in [-0.39, 0.29) is 6.04 Å². The number of aryl methyl sites for hydroxylation is 1. The van der Waals surface area contributed by atoms with Crippen LogP contribution in [0.5, 0.6) is 0 Å². The van der Waals surface area contributed by atoms with Gasteiger partial charge in [-0.3, -0.25) is 4.57 Å². The Labute approximate surface area is 75.3 Å². The van der Waals surface area contributed by atoms with Crippen molar-refractivity contribution in [3.63, 3.8) is 0 Å². The fourth-order valence-electron chi connectivity index (χ4n) is 1.86. The number of aromatic nitrogens is 1. The zero-order valence-electron chi connectivity index (χ0n) is 7.21. The Bertz CT molecular complexity index is 307. The van der Waals surface area contributed by atoms with E-state index in [1.54, 1.807) is 0 Å². The third-order valence-electron chi connectivity index (χ3n) is 2.55. The zero-order valence-corrected chi connectivity index (χ0v) is 7.21. The van der Waals surface area contributed by atoms with E-state index >= 15 is 0 Å². The molecule has 1 aromatic rings. The van der Waals surface area contributed by atoms with Gasteiger partial charge in [-0.2, -0.15) is 8.78 Å². The predicted molar refractivity (Wildman–Crippen MR) is 45.6 cm³/mol. The van der Waals surface area contributed by atoms with Crippen LogP contribution in [0.3, 0.4) is 0 Å². The SMILES string of the molecule is NC1CCCc2cn(C(F)F)cc21. The third kappa shape index (κ3) is 1.46. The number of alkyl halides is 2. The van der Waals surface area contributed by atoms with Crippen LogP contribution in [0.15, 0.2) is 12.4 Å². The summed E-state index contributed by atoms with van der Waals surface area (Å²) in [6, 6.07) is -0.0521. The molecule has 1 aliphatic rings. The molecule has 72 valence electrons. The number of halogens is 2. The van der Waals surface area contributed by atoms with Crippen LogP contribution >= 0.6 is 0 Å². The van der Waals surface area contributed by atoms with Gasteiger partial charge in [0.15, 0.2) is 0 Å². The molecule has 0 aliphatic heterocycles. The molecule has 0 spiro atoms. The molecule has 1 atom stereocenters. The average molecular weight is 186 g/mol. The highest BCUT2D eigenvalue weighted by Crippen LogP contribution is 2.30. The van der Waals surface area contributed by atoms with Crippen LogP contribution < -0.4 is 5.73 Å². The summed E-state index contributed by atoms with van der Waals surface area (Å²) >= 11 is 0. The molecule has 1 unspecified atom stereocenters. The molecular weight excluding hydrogens is 174 g/mol. The number of nitrogens with two attached hydrogens (primary N) is 1. The second-order valence-corrected chi connectivity index (χ2v) is 3.46. The minimum Gasteiger partial charge on any atom is -0.324 e. The van der Waals surface area contributed by atoms with Gasteiger partial charge in [0.2, 0.25) is 0 Å². The van der Waals surface area contributed by atoms with E-state index in [9.17, 15) is 8.78 Å². The highest BCUT2D eigenvalue weighted by molar-refractivity contribution is 5.29. The Balaban J connectivity index is 2.36. The predicted octanol–water partition coefficient (Wildman–Crippen LogP) is 2.22. The number of fused-ring (bicyclic) bond motifs is 1. The summed E-state index contributed by atoms with van der Waals surface area (Å²) in [7, 11) is 0. The van der Waals surface area contributed by atoms with Gasteiger partial charge < -0.3 is 5.73 Å². The minimum atomic E-state index is -2.45. The van der Waals surface area contributed by atoms with Crippen LogP contribution in [0.1, 0.15) is 36.6 Å². The van der Waals surface area contributed by atoms with Gasteiger partial charge in [0.25, 0.3) is 0 Å². The van der Waals surface area contributed by atoms with Gasteiger partial charge in [-0.15, -0.1) is 0 Å². The maximum absolute atomic E-state index is 12.3. The summed E-state index contributed by atoms with van der Waals surface area (Å²) in [5, 5.41) is 0. The quantitative estimate of drug-likeness (QED) is 0.716. The maximum atomic E-state index is 12.3. The second kappa shape index (κ2) is 3.10. The van der Waals surface area contributed by atoms with Crippen LogP contribution in [0.2, 0.25) is 0 Å². The summed E-state index contributed by atoms with van der Waals surface area (Å²) in [5.41, 5.74) is 7.68. The largest absolute Gasteiger partial charge is 0.324 e. The van der Waals surface area contributed by atoms with Gasteiger partial charge in [0.1, 0.15) is 0 Å². The Morgan fingerprint density at radius 2 is 2.23 bits per heavy atom. The highest BCUT2D eigenvalue weighted by Gasteiger charge is 2.20. The van der Waals surface area contributed by atoms with E-state index in [1.807, 2.05) is 0 Å². The molecule has 4 heteroatoms. The summed E-state index contributed by atoms with van der Waals surface area (Å²) in [6.07, 6.45) is 5.77. The standard InChI is InChI=1S/C9H12F2N2/c10-9(11)13-4-6-2-1-3-8(12)7(6)5-13/h4-5,8-9H,1-3,12H2. The van der Waals surface area contributed by atoms with Crippen molar-refractivity contribution in [3.05, 3.63) is 23.5 Å². The fraction of sp³-hybridized carbons (Fsp3) is 0.556. The molecule has 1 aliphatic carbocycles. The van der Waals surface area contributed by atoms with Crippen LogP contribution in [0, 0.1) is 0 Å². The lowest BCUT2D eigenvalue weighted by molar-refractivity contribution is 0.0704. The fourth-order valence-corrected chi connectivity index (χ4v) is 1.86. The van der Waals surface area contributed by atoms with Crippen molar-refractivity contribution in [2.24, 2.45) is 5.73 Å². The molecule has 0 saturated heterocycles. The summed E-state index contributed by atoms with van der Waals surface area (Å²) in [4.78, 5) is 0. The van der Waals surface area contributed by atoms with Gasteiger partial charge in [-0.1, -0.05) is 0 Å². The molecule has 0 saturated carbocycles. The van der Waals surface area contributed by atoms with E-state index < -0.39 is 6.55 Å². The van der Waals surface area contributed by atoms with Gasteiger partial charge in [0.05, 0.1) is 0 Å². The first-order valence-electron chi connectivity index (χ1n) is 4.42. The summed E-state index contributed by atoms with van der Waals surface area (Å²) in [6.45, 7) is -2.45. The molecule has 1 aromatic heterocycles. The molecule has 0 bridgehead atoms. The van der Waals surface area contributed by atoms with Crippen LogP contribution in [0.4, 0.5) is 8.78 Å². The first kappa shape index (κ1) is 8.69. The Morgan fingerprint density at radius 1 is 1.46 bits per heavy atom. The number of nitrogens with zero attached hydrogens (tertiary/aromatic N) is 1. The van der Waals surface area contributed by atoms with Crippen LogP contribution in [-0.2, 0) is 6.42 Å². The monoisotopic (exact) mass is 186 g/mol. The van der Waals surface area contributed by atoms with Crippen LogP contribution in [-0.4, -0.2) is 4.57 Å². The molecule has 0 amide bonds. The maximum Gasteiger partial charge on any atom is 0.318 e. The van der Waals surface area contributed by atoms with Crippen molar-refractivity contribution < 1.29 is 8.78 Å². The Kier molecular flexibility index (Phi) is 2.07. The van der Waals surface area contributed by atoms with Crippen LogP contribution in [0.25, 0.3) is 0 Å². The molecule has 2 nitrogen and oxygen atoms in total. The van der Waals surface area contributed by atoms with Crippen molar-refractivity contribution in [2.75, 3.05) is 0 Å². The van der Waals surface area contributed by atoms with Crippen molar-refractivity contribution in [2.45, 2.75) is 31.9 Å². The number of hydrogen-bond donors (Lipinski definition) is 1.